The van der Waals surface area contributed by atoms with Gasteiger partial charge in [-0.25, -0.2) is 8.78 Å². The van der Waals surface area contributed by atoms with Gasteiger partial charge >= 0.3 is 5.97 Å². The summed E-state index contributed by atoms with van der Waals surface area (Å²) >= 11 is 0. The lowest BCUT2D eigenvalue weighted by Crippen LogP contribution is -2.36. The Morgan fingerprint density at radius 2 is 2.36 bits per heavy atom. The van der Waals surface area contributed by atoms with Crippen LogP contribution in [0.25, 0.3) is 0 Å². The average molecular weight is 207 g/mol. The Morgan fingerprint density at radius 1 is 1.71 bits per heavy atom. The van der Waals surface area contributed by atoms with Gasteiger partial charge in [0.05, 0.1) is 12.5 Å². The number of carbonyl (C=O) groups is 2. The van der Waals surface area contributed by atoms with Crippen LogP contribution in [0, 0.1) is 5.41 Å². The maximum atomic E-state index is 12.2. The first-order valence-corrected chi connectivity index (χ1v) is 4.13. The van der Waals surface area contributed by atoms with E-state index in [1.807, 2.05) is 0 Å². The van der Waals surface area contributed by atoms with Crippen molar-refractivity contribution in [2.75, 3.05) is 13.7 Å². The number of methoxy groups -OCH3 is 1. The number of esters is 1. The fraction of sp³-hybridized carbons (Fsp3) is 0.750. The Labute approximate surface area is 79.6 Å². The normalized spacial score (nSPS) is 26.4. The van der Waals surface area contributed by atoms with E-state index in [0.29, 0.717) is 0 Å². The van der Waals surface area contributed by atoms with E-state index >= 15 is 0 Å². The van der Waals surface area contributed by atoms with E-state index < -0.39 is 30.1 Å². The largest absolute Gasteiger partial charge is 0.469 e. The number of nitrogens with one attached hydrogen (secondary N) is 1. The highest BCUT2D eigenvalue weighted by molar-refractivity contribution is 5.89. The molecule has 0 aromatic heterocycles. The second-order valence-corrected chi connectivity index (χ2v) is 3.32. The van der Waals surface area contributed by atoms with Crippen molar-refractivity contribution in [1.82, 2.24) is 5.32 Å². The van der Waals surface area contributed by atoms with E-state index in [1.54, 1.807) is 0 Å². The van der Waals surface area contributed by atoms with Gasteiger partial charge in [0.25, 0.3) is 0 Å². The molecule has 4 nitrogen and oxygen atoms in total. The summed E-state index contributed by atoms with van der Waals surface area (Å²) < 4.78 is 28.8. The van der Waals surface area contributed by atoms with Gasteiger partial charge in [0.2, 0.25) is 12.3 Å². The van der Waals surface area contributed by atoms with Crippen LogP contribution in [0.4, 0.5) is 8.78 Å². The second kappa shape index (κ2) is 3.89. The van der Waals surface area contributed by atoms with Crippen molar-refractivity contribution >= 4 is 11.9 Å². The highest BCUT2D eigenvalue weighted by atomic mass is 19.3. The summed E-state index contributed by atoms with van der Waals surface area (Å²) in [7, 11) is 1.12. The molecule has 0 aromatic rings. The summed E-state index contributed by atoms with van der Waals surface area (Å²) in [5.74, 6) is -1.15. The Hall–Kier alpha value is -1.20. The lowest BCUT2D eigenvalue weighted by atomic mass is 9.83. The zero-order chi connectivity index (χ0) is 10.8. The zero-order valence-corrected chi connectivity index (χ0v) is 7.68. The van der Waals surface area contributed by atoms with Crippen molar-refractivity contribution in [3.05, 3.63) is 0 Å². The van der Waals surface area contributed by atoms with Gasteiger partial charge in [0.1, 0.15) is 0 Å². The molecule has 0 spiro atoms. The average Bonchev–Trinajstić information content (AvgIpc) is 2.46. The highest BCUT2D eigenvalue weighted by Gasteiger charge is 2.47. The molecule has 14 heavy (non-hydrogen) atoms. The molecular weight excluding hydrogens is 196 g/mol. The van der Waals surface area contributed by atoms with Crippen LogP contribution in [0.1, 0.15) is 12.8 Å². The van der Waals surface area contributed by atoms with E-state index in [4.69, 9.17) is 0 Å². The van der Waals surface area contributed by atoms with Crippen molar-refractivity contribution in [3.8, 4) is 0 Å². The van der Waals surface area contributed by atoms with Gasteiger partial charge in [-0.3, -0.25) is 9.59 Å². The number of ether oxygens (including phenoxy) is 1. The van der Waals surface area contributed by atoms with Gasteiger partial charge in [-0.15, -0.1) is 0 Å². The van der Waals surface area contributed by atoms with E-state index in [9.17, 15) is 18.4 Å². The van der Waals surface area contributed by atoms with Crippen molar-refractivity contribution < 1.29 is 23.1 Å². The molecule has 1 heterocycles. The topological polar surface area (TPSA) is 55.4 Å². The number of hydrogen-bond donors (Lipinski definition) is 1. The Morgan fingerprint density at radius 3 is 2.71 bits per heavy atom. The maximum absolute atomic E-state index is 12.2. The molecule has 1 aliphatic rings. The van der Waals surface area contributed by atoms with Crippen molar-refractivity contribution in [3.63, 3.8) is 0 Å². The van der Waals surface area contributed by atoms with E-state index in [2.05, 4.69) is 10.1 Å². The van der Waals surface area contributed by atoms with Gasteiger partial charge < -0.3 is 10.1 Å². The number of carbonyl (C=O) groups excluding carboxylic acids is 2. The molecule has 0 bridgehead atoms. The van der Waals surface area contributed by atoms with Crippen LogP contribution in [0.2, 0.25) is 0 Å². The summed E-state index contributed by atoms with van der Waals surface area (Å²) in [6.45, 7) is -0.0666. The molecule has 1 fully saturated rings. The molecule has 1 aliphatic heterocycles. The van der Waals surface area contributed by atoms with Crippen LogP contribution < -0.4 is 5.32 Å². The summed E-state index contributed by atoms with van der Waals surface area (Å²) in [6, 6.07) is 0. The standard InChI is InChI=1S/C8H11F2NO3/c1-14-7(13)8(2-5(9)10)3-6(12)11-4-8/h5H,2-4H2,1H3,(H,11,12). The maximum Gasteiger partial charge on any atom is 0.314 e. The number of hydrogen-bond acceptors (Lipinski definition) is 3. The molecule has 1 unspecified atom stereocenters. The van der Waals surface area contributed by atoms with E-state index in [0.717, 1.165) is 7.11 Å². The fourth-order valence-electron chi connectivity index (χ4n) is 1.58. The predicted molar refractivity (Wildman–Crippen MR) is 42.7 cm³/mol. The number of rotatable bonds is 3. The third kappa shape index (κ3) is 2.00. The fourth-order valence-corrected chi connectivity index (χ4v) is 1.58. The summed E-state index contributed by atoms with van der Waals surface area (Å²) in [5, 5.41) is 2.36. The zero-order valence-electron chi connectivity index (χ0n) is 7.68. The molecule has 6 heteroatoms. The Bertz CT molecular complexity index is 257. The highest BCUT2D eigenvalue weighted by Crippen LogP contribution is 2.34. The molecule has 1 saturated heterocycles. The minimum Gasteiger partial charge on any atom is -0.469 e. The van der Waals surface area contributed by atoms with Crippen LogP contribution in [-0.2, 0) is 14.3 Å². The smallest absolute Gasteiger partial charge is 0.314 e. The minimum atomic E-state index is -2.62. The van der Waals surface area contributed by atoms with Crippen LogP contribution in [-0.4, -0.2) is 32.0 Å². The summed E-state index contributed by atoms with van der Waals surface area (Å²) in [6.07, 6.45) is -3.48. The van der Waals surface area contributed by atoms with Crippen molar-refractivity contribution in [2.24, 2.45) is 5.41 Å². The van der Waals surface area contributed by atoms with Gasteiger partial charge in [-0.05, 0) is 0 Å². The first kappa shape index (κ1) is 10.9. The van der Waals surface area contributed by atoms with Crippen LogP contribution in [0.5, 0.6) is 0 Å². The number of halogens is 2. The third-order valence-corrected chi connectivity index (χ3v) is 2.29. The molecule has 80 valence electrons. The molecular formula is C8H11F2NO3. The predicted octanol–water partition coefficient (Wildman–Crippen LogP) is 0.321. The van der Waals surface area contributed by atoms with Gasteiger partial charge in [0.15, 0.2) is 0 Å². The van der Waals surface area contributed by atoms with Crippen LogP contribution in [0.15, 0.2) is 0 Å². The molecule has 0 aromatic carbocycles. The molecule has 1 atom stereocenters. The third-order valence-electron chi connectivity index (χ3n) is 2.29. The lowest BCUT2D eigenvalue weighted by Gasteiger charge is -2.22. The molecule has 0 aliphatic carbocycles. The summed E-state index contributed by atoms with van der Waals surface area (Å²) in [4.78, 5) is 22.2. The minimum absolute atomic E-state index is 0.0666. The van der Waals surface area contributed by atoms with E-state index in [-0.39, 0.29) is 13.0 Å². The van der Waals surface area contributed by atoms with Gasteiger partial charge in [-0.2, -0.15) is 0 Å². The van der Waals surface area contributed by atoms with Crippen LogP contribution >= 0.6 is 0 Å². The molecule has 0 saturated carbocycles. The van der Waals surface area contributed by atoms with Crippen molar-refractivity contribution in [1.29, 1.82) is 0 Å². The van der Waals surface area contributed by atoms with Crippen molar-refractivity contribution in [2.45, 2.75) is 19.3 Å². The van der Waals surface area contributed by atoms with E-state index in [1.165, 1.54) is 0 Å². The van der Waals surface area contributed by atoms with Crippen LogP contribution in [0.3, 0.4) is 0 Å². The molecule has 1 N–H and O–H groups in total. The monoisotopic (exact) mass is 207 g/mol. The second-order valence-electron chi connectivity index (χ2n) is 3.32. The first-order valence-electron chi connectivity index (χ1n) is 4.13. The molecule has 1 amide bonds. The molecule has 0 radical (unpaired) electrons. The lowest BCUT2D eigenvalue weighted by molar-refractivity contribution is -0.154. The first-order chi connectivity index (χ1) is 6.50. The van der Waals surface area contributed by atoms with Gasteiger partial charge in [-0.1, -0.05) is 0 Å². The quantitative estimate of drug-likeness (QED) is 0.678. The number of amides is 1. The number of alkyl halides is 2. The molecule has 1 rings (SSSR count). The Kier molecular flexibility index (Phi) is 3.03. The summed E-state index contributed by atoms with van der Waals surface area (Å²) in [5.41, 5.74) is -1.38. The van der Waals surface area contributed by atoms with Gasteiger partial charge in [0, 0.05) is 19.4 Å². The Balaban J connectivity index is 2.80. The SMILES string of the molecule is COC(=O)C1(CC(F)F)CNC(=O)C1.